The molecule has 108 valence electrons. The predicted octanol–water partition coefficient (Wildman–Crippen LogP) is 4.50. The van der Waals surface area contributed by atoms with Gasteiger partial charge in [-0.3, -0.25) is 0 Å². The molecule has 1 aromatic heterocycles. The summed E-state index contributed by atoms with van der Waals surface area (Å²) in [5.74, 6) is 0.714. The number of hydrogen-bond donors (Lipinski definition) is 1. The van der Waals surface area contributed by atoms with Crippen LogP contribution in [0.25, 0.3) is 0 Å². The zero-order chi connectivity index (χ0) is 14.5. The fourth-order valence-electron chi connectivity index (χ4n) is 2.27. The van der Waals surface area contributed by atoms with Crippen molar-refractivity contribution >= 4 is 11.3 Å². The van der Waals surface area contributed by atoms with Crippen LogP contribution in [0.3, 0.4) is 0 Å². The van der Waals surface area contributed by atoms with E-state index in [2.05, 4.69) is 55.3 Å². The highest BCUT2D eigenvalue weighted by Gasteiger charge is 2.06. The van der Waals surface area contributed by atoms with Gasteiger partial charge in [0, 0.05) is 23.7 Å². The Balaban J connectivity index is 1.90. The Morgan fingerprint density at radius 2 is 1.85 bits per heavy atom. The number of nitrogens with one attached hydrogen (secondary N) is 1. The molecular weight excluding hydrogens is 264 g/mol. The zero-order valence-corrected chi connectivity index (χ0v) is 13.6. The largest absolute Gasteiger partial charge is 0.305 e. The first kappa shape index (κ1) is 15.2. The SMILES string of the molecule is Cc1ncc(CNC(C)c2ccc(CC(C)C)cc2)s1. The fraction of sp³-hybridized carbons (Fsp3) is 0.471. The van der Waals surface area contributed by atoms with Gasteiger partial charge in [-0.05, 0) is 37.3 Å². The lowest BCUT2D eigenvalue weighted by Gasteiger charge is -2.14. The van der Waals surface area contributed by atoms with Crippen molar-refractivity contribution in [3.05, 3.63) is 51.5 Å². The maximum Gasteiger partial charge on any atom is 0.0897 e. The number of benzene rings is 1. The van der Waals surface area contributed by atoms with Gasteiger partial charge in [-0.2, -0.15) is 0 Å². The normalized spacial score (nSPS) is 12.8. The van der Waals surface area contributed by atoms with Gasteiger partial charge in [0.15, 0.2) is 0 Å². The van der Waals surface area contributed by atoms with Crippen molar-refractivity contribution in [3.63, 3.8) is 0 Å². The zero-order valence-electron chi connectivity index (χ0n) is 12.8. The first-order valence-corrected chi connectivity index (χ1v) is 8.09. The monoisotopic (exact) mass is 288 g/mol. The van der Waals surface area contributed by atoms with Gasteiger partial charge >= 0.3 is 0 Å². The van der Waals surface area contributed by atoms with Crippen LogP contribution < -0.4 is 5.32 Å². The van der Waals surface area contributed by atoms with Crippen molar-refractivity contribution in [3.8, 4) is 0 Å². The molecule has 1 heterocycles. The van der Waals surface area contributed by atoms with Crippen molar-refractivity contribution in [1.29, 1.82) is 0 Å². The third kappa shape index (κ3) is 4.43. The second-order valence-electron chi connectivity index (χ2n) is 5.79. The number of hydrogen-bond acceptors (Lipinski definition) is 3. The van der Waals surface area contributed by atoms with E-state index < -0.39 is 0 Å². The highest BCUT2D eigenvalue weighted by Crippen LogP contribution is 2.17. The second-order valence-corrected chi connectivity index (χ2v) is 7.11. The number of nitrogens with zero attached hydrogens (tertiary/aromatic N) is 1. The molecule has 1 aromatic carbocycles. The maximum atomic E-state index is 4.28. The molecule has 1 unspecified atom stereocenters. The Kier molecular flexibility index (Phi) is 5.32. The summed E-state index contributed by atoms with van der Waals surface area (Å²) in [4.78, 5) is 5.58. The number of rotatable bonds is 6. The minimum Gasteiger partial charge on any atom is -0.305 e. The number of thiazole rings is 1. The Labute approximate surface area is 126 Å². The average molecular weight is 288 g/mol. The third-order valence-corrected chi connectivity index (χ3v) is 4.29. The highest BCUT2D eigenvalue weighted by atomic mass is 32.1. The van der Waals surface area contributed by atoms with E-state index in [-0.39, 0.29) is 0 Å². The van der Waals surface area contributed by atoms with Gasteiger partial charge in [0.1, 0.15) is 0 Å². The summed E-state index contributed by atoms with van der Waals surface area (Å²) in [6.07, 6.45) is 3.12. The third-order valence-electron chi connectivity index (χ3n) is 3.38. The topological polar surface area (TPSA) is 24.9 Å². The molecule has 3 heteroatoms. The van der Waals surface area contributed by atoms with Crippen LogP contribution in [0.15, 0.2) is 30.5 Å². The molecule has 0 saturated heterocycles. The van der Waals surface area contributed by atoms with Crippen LogP contribution in [-0.4, -0.2) is 4.98 Å². The molecule has 1 N–H and O–H groups in total. The molecule has 2 rings (SSSR count). The first-order valence-electron chi connectivity index (χ1n) is 7.28. The van der Waals surface area contributed by atoms with Gasteiger partial charge < -0.3 is 5.32 Å². The van der Waals surface area contributed by atoms with Crippen molar-refractivity contribution in [2.75, 3.05) is 0 Å². The Morgan fingerprint density at radius 1 is 1.15 bits per heavy atom. The second kappa shape index (κ2) is 7.00. The molecule has 0 radical (unpaired) electrons. The van der Waals surface area contributed by atoms with Crippen LogP contribution in [0, 0.1) is 12.8 Å². The predicted molar refractivity (Wildman–Crippen MR) is 87.1 cm³/mol. The van der Waals surface area contributed by atoms with Crippen LogP contribution >= 0.6 is 11.3 Å². The molecule has 2 aromatic rings. The number of aromatic nitrogens is 1. The van der Waals surface area contributed by atoms with Crippen LogP contribution in [-0.2, 0) is 13.0 Å². The molecule has 0 aliphatic carbocycles. The summed E-state index contributed by atoms with van der Waals surface area (Å²) in [6.45, 7) is 9.67. The van der Waals surface area contributed by atoms with E-state index in [1.54, 1.807) is 11.3 Å². The maximum absolute atomic E-state index is 4.28. The molecule has 0 bridgehead atoms. The van der Waals surface area contributed by atoms with E-state index in [9.17, 15) is 0 Å². The van der Waals surface area contributed by atoms with E-state index >= 15 is 0 Å². The van der Waals surface area contributed by atoms with Gasteiger partial charge in [-0.25, -0.2) is 4.98 Å². The fourth-order valence-corrected chi connectivity index (χ4v) is 3.02. The van der Waals surface area contributed by atoms with Crippen LogP contribution in [0.4, 0.5) is 0 Å². The standard InChI is InChI=1S/C17H24N2S/c1-12(2)9-15-5-7-16(8-6-15)13(3)18-10-17-11-19-14(4)20-17/h5-8,11-13,18H,9-10H2,1-4H3. The van der Waals surface area contributed by atoms with E-state index in [0.717, 1.165) is 18.0 Å². The quantitative estimate of drug-likeness (QED) is 0.846. The molecule has 0 saturated carbocycles. The van der Waals surface area contributed by atoms with Gasteiger partial charge in [0.05, 0.1) is 5.01 Å². The van der Waals surface area contributed by atoms with Gasteiger partial charge in [0.25, 0.3) is 0 Å². The number of aryl methyl sites for hydroxylation is 1. The first-order chi connectivity index (χ1) is 9.54. The summed E-state index contributed by atoms with van der Waals surface area (Å²) in [6, 6.07) is 9.36. The summed E-state index contributed by atoms with van der Waals surface area (Å²) < 4.78 is 0. The van der Waals surface area contributed by atoms with Crippen LogP contribution in [0.1, 0.15) is 47.8 Å². The Morgan fingerprint density at radius 3 is 2.40 bits per heavy atom. The Hall–Kier alpha value is -1.19. The lowest BCUT2D eigenvalue weighted by atomic mass is 10.00. The molecule has 0 aliphatic heterocycles. The molecule has 0 fully saturated rings. The lowest BCUT2D eigenvalue weighted by molar-refractivity contribution is 0.577. The van der Waals surface area contributed by atoms with Crippen molar-refractivity contribution < 1.29 is 0 Å². The summed E-state index contributed by atoms with van der Waals surface area (Å²) in [5.41, 5.74) is 2.77. The summed E-state index contributed by atoms with van der Waals surface area (Å²) >= 11 is 1.76. The molecule has 1 atom stereocenters. The molecule has 2 nitrogen and oxygen atoms in total. The van der Waals surface area contributed by atoms with E-state index in [1.807, 2.05) is 13.1 Å². The average Bonchev–Trinajstić information content (AvgIpc) is 2.82. The van der Waals surface area contributed by atoms with E-state index in [4.69, 9.17) is 0 Å². The molecular formula is C17H24N2S. The Bertz CT molecular complexity index is 528. The van der Waals surface area contributed by atoms with Crippen molar-refractivity contribution in [2.24, 2.45) is 5.92 Å². The summed E-state index contributed by atoms with van der Waals surface area (Å²) in [5, 5.41) is 4.69. The smallest absolute Gasteiger partial charge is 0.0897 e. The van der Waals surface area contributed by atoms with E-state index in [1.165, 1.54) is 16.0 Å². The van der Waals surface area contributed by atoms with Crippen molar-refractivity contribution in [2.45, 2.75) is 46.7 Å². The summed E-state index contributed by atoms with van der Waals surface area (Å²) in [7, 11) is 0. The van der Waals surface area contributed by atoms with Crippen molar-refractivity contribution in [1.82, 2.24) is 10.3 Å². The lowest BCUT2D eigenvalue weighted by Crippen LogP contribution is -2.17. The molecule has 20 heavy (non-hydrogen) atoms. The van der Waals surface area contributed by atoms with Crippen LogP contribution in [0.2, 0.25) is 0 Å². The van der Waals surface area contributed by atoms with Gasteiger partial charge in [-0.1, -0.05) is 38.1 Å². The van der Waals surface area contributed by atoms with Gasteiger partial charge in [-0.15, -0.1) is 11.3 Å². The molecule has 0 amide bonds. The van der Waals surface area contributed by atoms with Gasteiger partial charge in [0.2, 0.25) is 0 Å². The van der Waals surface area contributed by atoms with Crippen LogP contribution in [0.5, 0.6) is 0 Å². The molecule has 0 spiro atoms. The minimum absolute atomic E-state index is 0.366. The van der Waals surface area contributed by atoms with E-state index in [0.29, 0.717) is 12.0 Å². The highest BCUT2D eigenvalue weighted by molar-refractivity contribution is 7.11. The molecule has 0 aliphatic rings. The minimum atomic E-state index is 0.366.